The second-order valence-electron chi connectivity index (χ2n) is 8.93. The smallest absolute Gasteiger partial charge is 0.306 e. The minimum Gasteiger partial charge on any atom is -0.508 e. The van der Waals surface area contributed by atoms with Gasteiger partial charge < -0.3 is 23.5 Å². The Hall–Kier alpha value is -4.17. The Labute approximate surface area is 223 Å². The molecule has 0 spiro atoms. The number of phenolic OH excluding ortho intramolecular Hbond substituents is 1. The molecule has 4 rings (SSSR count). The molecule has 0 radical (unpaired) electrons. The molecule has 0 atom stereocenters. The third-order valence-electron chi connectivity index (χ3n) is 6.07. The third kappa shape index (κ3) is 6.03. The first kappa shape index (κ1) is 26.9. The molecule has 0 aliphatic heterocycles. The third-order valence-corrected chi connectivity index (χ3v) is 6.56. The van der Waals surface area contributed by atoms with Crippen LogP contribution in [0.1, 0.15) is 16.7 Å². The average molecular weight is 535 g/mol. The van der Waals surface area contributed by atoms with Gasteiger partial charge in [-0.3, -0.25) is 0 Å². The number of hydrogen-bond acceptors (Lipinski definition) is 7. The van der Waals surface area contributed by atoms with Crippen LogP contribution in [0.25, 0.3) is 22.3 Å². The normalized spacial score (nSPS) is 11.2. The zero-order valence-electron chi connectivity index (χ0n) is 21.9. The first-order chi connectivity index (χ1) is 18.1. The van der Waals surface area contributed by atoms with Crippen LogP contribution in [0.2, 0.25) is 0 Å². The summed E-state index contributed by atoms with van der Waals surface area (Å²) in [6, 6.07) is 21.7. The number of rotatable bonds is 9. The van der Waals surface area contributed by atoms with Gasteiger partial charge in [-0.1, -0.05) is 48.0 Å². The number of hydrogen-bond donors (Lipinski definition) is 1. The lowest BCUT2D eigenvalue weighted by Crippen LogP contribution is -2.08. The molecule has 0 heterocycles. The van der Waals surface area contributed by atoms with E-state index in [1.807, 2.05) is 50.2 Å². The molecule has 7 nitrogen and oxygen atoms in total. The summed E-state index contributed by atoms with van der Waals surface area (Å²) in [5.41, 5.74) is 5.87. The van der Waals surface area contributed by atoms with Crippen molar-refractivity contribution in [1.29, 1.82) is 0 Å². The van der Waals surface area contributed by atoms with E-state index >= 15 is 0 Å². The highest BCUT2D eigenvalue weighted by atomic mass is 32.2. The fourth-order valence-corrected chi connectivity index (χ4v) is 4.72. The zero-order chi connectivity index (χ0) is 27.4. The van der Waals surface area contributed by atoms with Gasteiger partial charge in [0.15, 0.2) is 11.5 Å². The van der Waals surface area contributed by atoms with Gasteiger partial charge in [-0.2, -0.15) is 8.42 Å². The number of aromatic hydroxyl groups is 1. The summed E-state index contributed by atoms with van der Waals surface area (Å²) in [5, 5.41) is 9.70. The molecule has 4 aromatic rings. The number of benzene rings is 4. The van der Waals surface area contributed by atoms with E-state index in [0.29, 0.717) is 22.8 Å². The molecule has 0 bridgehead atoms. The maximum absolute atomic E-state index is 12.1. The van der Waals surface area contributed by atoms with Gasteiger partial charge >= 0.3 is 10.1 Å². The van der Waals surface area contributed by atoms with Crippen molar-refractivity contribution in [2.24, 2.45) is 0 Å². The number of phenols is 1. The summed E-state index contributed by atoms with van der Waals surface area (Å²) in [6.07, 6.45) is 0.991. The quantitative estimate of drug-likeness (QED) is 0.253. The maximum atomic E-state index is 12.1. The van der Waals surface area contributed by atoms with Gasteiger partial charge in [-0.25, -0.2) is 0 Å². The molecule has 0 fully saturated rings. The predicted octanol–water partition coefficient (Wildman–Crippen LogP) is 6.28. The van der Waals surface area contributed by atoms with Crippen LogP contribution in [-0.4, -0.2) is 34.0 Å². The lowest BCUT2D eigenvalue weighted by molar-refractivity contribution is 0.296. The van der Waals surface area contributed by atoms with E-state index in [0.717, 1.165) is 39.6 Å². The Balaban J connectivity index is 1.80. The van der Waals surface area contributed by atoms with Gasteiger partial charge in [-0.15, -0.1) is 0 Å². The van der Waals surface area contributed by atoms with Gasteiger partial charge in [0, 0.05) is 16.7 Å². The highest BCUT2D eigenvalue weighted by molar-refractivity contribution is 7.86. The van der Waals surface area contributed by atoms with Gasteiger partial charge in [0.1, 0.15) is 23.9 Å². The van der Waals surface area contributed by atoms with E-state index in [-0.39, 0.29) is 18.1 Å². The summed E-state index contributed by atoms with van der Waals surface area (Å²) < 4.78 is 47.0. The van der Waals surface area contributed by atoms with Crippen LogP contribution in [-0.2, 0) is 16.7 Å². The fourth-order valence-electron chi connectivity index (χ4n) is 4.26. The highest BCUT2D eigenvalue weighted by Crippen LogP contribution is 2.46. The minimum atomic E-state index is -3.83. The van der Waals surface area contributed by atoms with E-state index in [4.69, 9.17) is 18.4 Å². The fraction of sp³-hybridized carbons (Fsp3) is 0.200. The first-order valence-electron chi connectivity index (χ1n) is 11.9. The van der Waals surface area contributed by atoms with Gasteiger partial charge in [-0.05, 0) is 60.9 Å². The summed E-state index contributed by atoms with van der Waals surface area (Å²) >= 11 is 0. The van der Waals surface area contributed by atoms with E-state index < -0.39 is 10.1 Å². The van der Waals surface area contributed by atoms with Crippen LogP contribution >= 0.6 is 0 Å². The van der Waals surface area contributed by atoms with Crippen LogP contribution in [0.3, 0.4) is 0 Å². The lowest BCUT2D eigenvalue weighted by atomic mass is 9.93. The molecule has 198 valence electrons. The molecule has 0 saturated carbocycles. The van der Waals surface area contributed by atoms with Crippen molar-refractivity contribution in [3.8, 4) is 51.0 Å². The summed E-state index contributed by atoms with van der Waals surface area (Å²) in [6.45, 7) is 4.15. The Morgan fingerprint density at radius 3 is 2.03 bits per heavy atom. The molecule has 0 amide bonds. The largest absolute Gasteiger partial charge is 0.508 e. The number of methoxy groups -OCH3 is 2. The van der Waals surface area contributed by atoms with E-state index in [9.17, 15) is 13.5 Å². The Bertz CT molecular complexity index is 1540. The van der Waals surface area contributed by atoms with Gasteiger partial charge in [0.25, 0.3) is 0 Å². The molecular formula is C30H30O7S. The second-order valence-corrected chi connectivity index (χ2v) is 10.5. The van der Waals surface area contributed by atoms with E-state index in [1.165, 1.54) is 0 Å². The number of ether oxygens (including phenoxy) is 3. The molecule has 0 saturated heterocycles. The highest BCUT2D eigenvalue weighted by Gasteiger charge is 2.21. The van der Waals surface area contributed by atoms with Crippen molar-refractivity contribution in [3.05, 3.63) is 89.5 Å². The molecule has 0 aromatic heterocycles. The molecule has 38 heavy (non-hydrogen) atoms. The maximum Gasteiger partial charge on any atom is 0.306 e. The average Bonchev–Trinajstić information content (AvgIpc) is 2.88. The summed E-state index contributed by atoms with van der Waals surface area (Å²) in [4.78, 5) is 0. The van der Waals surface area contributed by atoms with Crippen molar-refractivity contribution in [1.82, 2.24) is 0 Å². The van der Waals surface area contributed by atoms with Crippen LogP contribution in [0.5, 0.6) is 28.7 Å². The van der Waals surface area contributed by atoms with Crippen LogP contribution < -0.4 is 18.4 Å². The lowest BCUT2D eigenvalue weighted by Gasteiger charge is -2.20. The Kier molecular flexibility index (Phi) is 7.83. The molecule has 0 aliphatic rings. The van der Waals surface area contributed by atoms with Crippen LogP contribution in [0.4, 0.5) is 0 Å². The van der Waals surface area contributed by atoms with Gasteiger partial charge in [0.2, 0.25) is 0 Å². The first-order valence-corrected chi connectivity index (χ1v) is 13.7. The van der Waals surface area contributed by atoms with Crippen LogP contribution in [0.15, 0.2) is 72.8 Å². The predicted molar refractivity (Wildman–Crippen MR) is 148 cm³/mol. The van der Waals surface area contributed by atoms with Crippen molar-refractivity contribution < 1.29 is 31.9 Å². The monoisotopic (exact) mass is 534 g/mol. The van der Waals surface area contributed by atoms with Crippen LogP contribution in [0, 0.1) is 13.8 Å². The van der Waals surface area contributed by atoms with Crippen molar-refractivity contribution in [3.63, 3.8) is 0 Å². The topological polar surface area (TPSA) is 91.3 Å². The summed E-state index contributed by atoms with van der Waals surface area (Å²) in [7, 11) is -0.675. The van der Waals surface area contributed by atoms with Crippen molar-refractivity contribution in [2.75, 3.05) is 20.5 Å². The van der Waals surface area contributed by atoms with Gasteiger partial charge in [0.05, 0.1) is 20.5 Å². The zero-order valence-corrected chi connectivity index (χ0v) is 22.8. The van der Waals surface area contributed by atoms with E-state index in [1.54, 1.807) is 50.6 Å². The standard InChI is InChI=1S/C30H30O7S/c1-19-6-8-21(9-7-19)18-36-26-15-12-23(16-27(26)37-38(5,32)33)29-20(2)30(35-4)25(17-28(29)34-3)22-10-13-24(31)14-11-22/h6-17,31H,18H2,1-5H3. The van der Waals surface area contributed by atoms with E-state index in [2.05, 4.69) is 0 Å². The molecule has 0 unspecified atom stereocenters. The minimum absolute atomic E-state index is 0.0696. The molecule has 4 aromatic carbocycles. The molecule has 8 heteroatoms. The SMILES string of the molecule is COc1cc(-c2ccc(O)cc2)c(OC)c(C)c1-c1ccc(OCc2ccc(C)cc2)c(OS(C)(=O)=O)c1. The Morgan fingerprint density at radius 2 is 1.42 bits per heavy atom. The number of aryl methyl sites for hydroxylation is 1. The van der Waals surface area contributed by atoms with Crippen molar-refractivity contribution in [2.45, 2.75) is 20.5 Å². The van der Waals surface area contributed by atoms with Crippen molar-refractivity contribution >= 4 is 10.1 Å². The summed E-state index contributed by atoms with van der Waals surface area (Å²) in [5.74, 6) is 1.71. The second kappa shape index (κ2) is 11.1. The molecule has 1 N–H and O–H groups in total. The molecule has 0 aliphatic carbocycles. The Morgan fingerprint density at radius 1 is 0.763 bits per heavy atom. The molecular weight excluding hydrogens is 504 g/mol.